The topological polar surface area (TPSA) is 66.9 Å². The zero-order valence-corrected chi connectivity index (χ0v) is 15.7. The number of carbonyl (C=O) groups is 1. The summed E-state index contributed by atoms with van der Waals surface area (Å²) in [6, 6.07) is 10.8. The van der Waals surface area contributed by atoms with Gasteiger partial charge in [0.05, 0.1) is 16.3 Å². The van der Waals surface area contributed by atoms with Crippen LogP contribution in [0.25, 0.3) is 0 Å². The van der Waals surface area contributed by atoms with Crippen LogP contribution in [0, 0.1) is 13.8 Å². The maximum absolute atomic E-state index is 12.3. The molecule has 0 spiro atoms. The van der Waals surface area contributed by atoms with Gasteiger partial charge in [-0.15, -0.1) is 0 Å². The molecule has 2 N–H and O–H groups in total. The molecular weight excluding hydrogens is 371 g/mol. The molecule has 7 heteroatoms. The summed E-state index contributed by atoms with van der Waals surface area (Å²) in [7, 11) is 0. The van der Waals surface area contributed by atoms with Crippen LogP contribution in [0.4, 0.5) is 17.3 Å². The average Bonchev–Trinajstić information content (AvgIpc) is 2.58. The van der Waals surface area contributed by atoms with Crippen LogP contribution in [0.1, 0.15) is 21.5 Å². The van der Waals surface area contributed by atoms with Gasteiger partial charge in [0.15, 0.2) is 0 Å². The number of rotatable bonds is 4. The monoisotopic (exact) mass is 386 g/mol. The zero-order chi connectivity index (χ0) is 18.7. The number of hydrogen-bond donors (Lipinski definition) is 2. The van der Waals surface area contributed by atoms with Gasteiger partial charge >= 0.3 is 0 Å². The fourth-order valence-electron chi connectivity index (χ4n) is 2.47. The van der Waals surface area contributed by atoms with Crippen molar-refractivity contribution in [2.75, 3.05) is 10.6 Å². The average molecular weight is 387 g/mol. The Morgan fingerprint density at radius 2 is 1.77 bits per heavy atom. The third-order valence-electron chi connectivity index (χ3n) is 3.67. The molecule has 0 saturated heterocycles. The molecule has 2 aromatic carbocycles. The minimum Gasteiger partial charge on any atom is -0.323 e. The van der Waals surface area contributed by atoms with Gasteiger partial charge in [0.25, 0.3) is 5.91 Å². The van der Waals surface area contributed by atoms with Crippen molar-refractivity contribution in [3.8, 4) is 0 Å². The van der Waals surface area contributed by atoms with Crippen molar-refractivity contribution in [1.82, 2.24) is 9.97 Å². The molecule has 1 heterocycles. The molecule has 0 aliphatic rings. The number of hydrogen-bond acceptors (Lipinski definition) is 4. The van der Waals surface area contributed by atoms with Gasteiger partial charge in [0, 0.05) is 23.1 Å². The number of nitrogens with one attached hydrogen (secondary N) is 2. The zero-order valence-electron chi connectivity index (χ0n) is 14.2. The Bertz CT molecular complexity index is 935. The Morgan fingerprint density at radius 1 is 1.04 bits per heavy atom. The molecule has 26 heavy (non-hydrogen) atoms. The van der Waals surface area contributed by atoms with E-state index in [1.807, 2.05) is 26.0 Å². The summed E-state index contributed by atoms with van der Waals surface area (Å²) in [5, 5.41) is 6.97. The number of aryl methyl sites for hydroxylation is 2. The fourth-order valence-corrected chi connectivity index (χ4v) is 3.02. The molecule has 0 radical (unpaired) electrons. The highest BCUT2D eigenvalue weighted by molar-refractivity contribution is 6.33. The quantitative estimate of drug-likeness (QED) is 0.629. The molecule has 5 nitrogen and oxygen atoms in total. The number of anilines is 3. The molecule has 0 saturated carbocycles. The molecule has 0 bridgehead atoms. The highest BCUT2D eigenvalue weighted by atomic mass is 35.5. The van der Waals surface area contributed by atoms with Gasteiger partial charge in [-0.25, -0.2) is 9.97 Å². The van der Waals surface area contributed by atoms with E-state index >= 15 is 0 Å². The normalized spacial score (nSPS) is 10.5. The van der Waals surface area contributed by atoms with Crippen LogP contribution >= 0.6 is 23.2 Å². The van der Waals surface area contributed by atoms with E-state index < -0.39 is 0 Å². The van der Waals surface area contributed by atoms with Crippen LogP contribution in [0.5, 0.6) is 0 Å². The third kappa shape index (κ3) is 4.31. The van der Waals surface area contributed by atoms with Gasteiger partial charge in [0.1, 0.15) is 0 Å². The third-order valence-corrected chi connectivity index (χ3v) is 4.20. The van der Waals surface area contributed by atoms with Gasteiger partial charge in [-0.05, 0) is 49.2 Å². The number of aromatic nitrogens is 2. The first-order valence-corrected chi connectivity index (χ1v) is 8.61. The van der Waals surface area contributed by atoms with Gasteiger partial charge < -0.3 is 10.6 Å². The van der Waals surface area contributed by atoms with E-state index in [9.17, 15) is 4.79 Å². The van der Waals surface area contributed by atoms with E-state index in [2.05, 4.69) is 20.6 Å². The summed E-state index contributed by atoms with van der Waals surface area (Å²) < 4.78 is 0. The van der Waals surface area contributed by atoms with Crippen LogP contribution in [-0.2, 0) is 0 Å². The first kappa shape index (κ1) is 18.2. The summed E-state index contributed by atoms with van der Waals surface area (Å²) in [5.74, 6) is 0.0431. The first-order chi connectivity index (χ1) is 12.4. The molecule has 0 unspecified atom stereocenters. The van der Waals surface area contributed by atoms with E-state index in [0.717, 1.165) is 16.8 Å². The lowest BCUT2D eigenvalue weighted by molar-refractivity contribution is 0.102. The predicted octanol–water partition coefficient (Wildman–Crippen LogP) is 5.40. The van der Waals surface area contributed by atoms with E-state index in [1.165, 1.54) is 12.4 Å². The molecule has 3 aromatic rings. The van der Waals surface area contributed by atoms with Crippen molar-refractivity contribution in [2.24, 2.45) is 0 Å². The lowest BCUT2D eigenvalue weighted by Gasteiger charge is -2.11. The lowest BCUT2D eigenvalue weighted by Crippen LogP contribution is -2.13. The van der Waals surface area contributed by atoms with Crippen molar-refractivity contribution in [3.05, 3.63) is 75.5 Å². The number of nitrogens with zero attached hydrogens (tertiary/aromatic N) is 2. The standard InChI is InChI=1S/C19H16Cl2N4O/c1-11-6-12(2)17(16(21)7-11)25-19-22-9-13(10-23-19)18(26)24-15-5-3-4-14(20)8-15/h3-10H,1-2H3,(H,24,26)(H,22,23,25). The minimum absolute atomic E-state index is 0.316. The second-order valence-corrected chi connectivity index (χ2v) is 6.67. The van der Waals surface area contributed by atoms with Crippen LogP contribution in [-0.4, -0.2) is 15.9 Å². The Morgan fingerprint density at radius 3 is 2.42 bits per heavy atom. The largest absolute Gasteiger partial charge is 0.323 e. The van der Waals surface area contributed by atoms with Crippen molar-refractivity contribution in [1.29, 1.82) is 0 Å². The van der Waals surface area contributed by atoms with Gasteiger partial charge in [-0.3, -0.25) is 4.79 Å². The van der Waals surface area contributed by atoms with Crippen LogP contribution in [0.15, 0.2) is 48.8 Å². The smallest absolute Gasteiger partial charge is 0.258 e. The molecule has 0 atom stereocenters. The Kier molecular flexibility index (Phi) is 5.40. The number of benzene rings is 2. The summed E-state index contributed by atoms with van der Waals surface area (Å²) in [5.41, 5.74) is 3.75. The molecule has 0 fully saturated rings. The molecule has 1 aromatic heterocycles. The fraction of sp³-hybridized carbons (Fsp3) is 0.105. The maximum Gasteiger partial charge on any atom is 0.258 e. The second-order valence-electron chi connectivity index (χ2n) is 5.82. The minimum atomic E-state index is -0.316. The summed E-state index contributed by atoms with van der Waals surface area (Å²) in [6.07, 6.45) is 2.90. The van der Waals surface area contributed by atoms with Crippen molar-refractivity contribution in [2.45, 2.75) is 13.8 Å². The van der Waals surface area contributed by atoms with Crippen LogP contribution in [0.3, 0.4) is 0 Å². The highest BCUT2D eigenvalue weighted by Gasteiger charge is 2.10. The van der Waals surface area contributed by atoms with Crippen molar-refractivity contribution >= 4 is 46.4 Å². The summed E-state index contributed by atoms with van der Waals surface area (Å²) in [6.45, 7) is 3.93. The maximum atomic E-state index is 12.3. The van der Waals surface area contributed by atoms with Gasteiger partial charge in [0.2, 0.25) is 5.95 Å². The van der Waals surface area contributed by atoms with Crippen LogP contribution in [0.2, 0.25) is 10.0 Å². The van der Waals surface area contributed by atoms with E-state index in [-0.39, 0.29) is 5.91 Å². The Balaban J connectivity index is 1.73. The van der Waals surface area contributed by atoms with Gasteiger partial charge in [-0.1, -0.05) is 35.3 Å². The second kappa shape index (κ2) is 7.72. The first-order valence-electron chi connectivity index (χ1n) is 7.85. The molecule has 0 aliphatic carbocycles. The SMILES string of the molecule is Cc1cc(C)c(Nc2ncc(C(=O)Nc3cccc(Cl)c3)cn2)c(Cl)c1. The Labute approximate surface area is 161 Å². The van der Waals surface area contributed by atoms with Gasteiger partial charge in [-0.2, -0.15) is 0 Å². The molecule has 3 rings (SSSR count). The molecular formula is C19H16Cl2N4O. The predicted molar refractivity (Wildman–Crippen MR) is 106 cm³/mol. The van der Waals surface area contributed by atoms with Crippen LogP contribution < -0.4 is 10.6 Å². The number of halogens is 2. The van der Waals surface area contributed by atoms with E-state index in [1.54, 1.807) is 24.3 Å². The number of amides is 1. The molecule has 132 valence electrons. The van der Waals surface area contributed by atoms with E-state index in [0.29, 0.717) is 27.2 Å². The van der Waals surface area contributed by atoms with Crippen molar-refractivity contribution in [3.63, 3.8) is 0 Å². The molecule has 1 amide bonds. The highest BCUT2D eigenvalue weighted by Crippen LogP contribution is 2.29. The van der Waals surface area contributed by atoms with Crippen molar-refractivity contribution < 1.29 is 4.79 Å². The lowest BCUT2D eigenvalue weighted by atomic mass is 10.1. The van der Waals surface area contributed by atoms with E-state index in [4.69, 9.17) is 23.2 Å². The summed E-state index contributed by atoms with van der Waals surface area (Å²) in [4.78, 5) is 20.6. The summed E-state index contributed by atoms with van der Waals surface area (Å²) >= 11 is 12.2. The number of carbonyl (C=O) groups excluding carboxylic acids is 1. The Hall–Kier alpha value is -2.63. The molecule has 0 aliphatic heterocycles.